The third kappa shape index (κ3) is 3.46. The highest BCUT2D eigenvalue weighted by Gasteiger charge is 2.64. The smallest absolute Gasteiger partial charge is 0.369 e. The third-order valence-electron chi connectivity index (χ3n) is 3.32. The summed E-state index contributed by atoms with van der Waals surface area (Å²) in [5.41, 5.74) is 2.04. The van der Waals surface area contributed by atoms with E-state index in [1.54, 1.807) is 0 Å². The molecule has 1 amide bonds. The monoisotopic (exact) mass is 287 g/mol. The topological polar surface area (TPSA) is 63.3 Å². The molecule has 1 aliphatic rings. The van der Waals surface area contributed by atoms with Crippen molar-refractivity contribution >= 4 is 5.91 Å². The molecule has 1 fully saturated rings. The van der Waals surface area contributed by atoms with Crippen LogP contribution in [-0.4, -0.2) is 22.8 Å². The lowest BCUT2D eigenvalue weighted by Crippen LogP contribution is -2.46. The lowest BCUT2D eigenvalue weighted by molar-refractivity contribution is -0.244. The Morgan fingerprint density at radius 1 is 1.50 bits per heavy atom. The number of carbonyl (C=O) groups is 1. The van der Waals surface area contributed by atoms with Gasteiger partial charge in [0.1, 0.15) is 0 Å². The van der Waals surface area contributed by atoms with Gasteiger partial charge < -0.3 is 10.8 Å². The number of amides is 1. The maximum atomic E-state index is 12.9. The van der Waals surface area contributed by atoms with E-state index in [1.807, 2.05) is 5.92 Å². The second kappa shape index (κ2) is 5.76. The zero-order valence-electron chi connectivity index (χ0n) is 11.2. The van der Waals surface area contributed by atoms with Crippen molar-refractivity contribution in [2.45, 2.75) is 38.5 Å². The second-order valence-electron chi connectivity index (χ2n) is 4.89. The van der Waals surface area contributed by atoms with Crippen LogP contribution in [0.4, 0.5) is 13.2 Å². The van der Waals surface area contributed by atoms with Gasteiger partial charge >= 0.3 is 6.18 Å². The van der Waals surface area contributed by atoms with E-state index in [0.717, 1.165) is 0 Å². The average molecular weight is 287 g/mol. The van der Waals surface area contributed by atoms with E-state index in [2.05, 4.69) is 17.8 Å². The fourth-order valence-electron chi connectivity index (χ4n) is 1.96. The van der Waals surface area contributed by atoms with Gasteiger partial charge in [0.25, 0.3) is 0 Å². The highest BCUT2D eigenvalue weighted by Crippen LogP contribution is 2.53. The number of halogens is 3. The minimum Gasteiger partial charge on any atom is -0.369 e. The van der Waals surface area contributed by atoms with Crippen molar-refractivity contribution in [2.24, 2.45) is 23.5 Å². The second-order valence-corrected chi connectivity index (χ2v) is 4.89. The molecule has 4 unspecified atom stereocenters. The molecular formula is C14H16F3NO2. The predicted octanol–water partition coefficient (Wildman–Crippen LogP) is 1.45. The van der Waals surface area contributed by atoms with Crippen LogP contribution in [0.1, 0.15) is 26.7 Å². The molecule has 3 nitrogen and oxygen atoms in total. The third-order valence-corrected chi connectivity index (χ3v) is 3.32. The summed E-state index contributed by atoms with van der Waals surface area (Å²) >= 11 is 0. The average Bonchev–Trinajstić information content (AvgIpc) is 3.07. The SMILES string of the molecule is CC#CC(O)(C1CC1CC#CC(C)C(N)=O)C(F)(F)F. The van der Waals surface area contributed by atoms with Gasteiger partial charge in [0, 0.05) is 12.3 Å². The van der Waals surface area contributed by atoms with E-state index in [0.29, 0.717) is 0 Å². The van der Waals surface area contributed by atoms with Crippen molar-refractivity contribution < 1.29 is 23.1 Å². The molecule has 1 saturated carbocycles. The zero-order valence-corrected chi connectivity index (χ0v) is 11.2. The molecule has 6 heteroatoms. The van der Waals surface area contributed by atoms with E-state index in [1.165, 1.54) is 13.8 Å². The summed E-state index contributed by atoms with van der Waals surface area (Å²) in [7, 11) is 0. The standard InChI is InChI=1S/C14H16F3NO2/c1-3-7-13(20,14(15,16)17)11-8-10(11)6-4-5-9(2)12(18)19/h9-11,20H,6,8H2,1-2H3,(H2,18,19). The van der Waals surface area contributed by atoms with Gasteiger partial charge in [0.2, 0.25) is 11.5 Å². The first-order valence-corrected chi connectivity index (χ1v) is 6.14. The summed E-state index contributed by atoms with van der Waals surface area (Å²) < 4.78 is 38.6. The molecular weight excluding hydrogens is 271 g/mol. The Morgan fingerprint density at radius 2 is 2.10 bits per heavy atom. The highest BCUT2D eigenvalue weighted by atomic mass is 19.4. The molecule has 3 N–H and O–H groups in total. The largest absolute Gasteiger partial charge is 0.428 e. The zero-order chi connectivity index (χ0) is 15.6. The van der Waals surface area contributed by atoms with Crippen LogP contribution in [0.5, 0.6) is 0 Å². The van der Waals surface area contributed by atoms with Gasteiger partial charge in [-0.3, -0.25) is 4.79 Å². The van der Waals surface area contributed by atoms with Gasteiger partial charge in [-0.05, 0) is 26.2 Å². The van der Waals surface area contributed by atoms with Crippen LogP contribution in [0.25, 0.3) is 0 Å². The normalized spacial score (nSPS) is 25.3. The molecule has 0 bridgehead atoms. The van der Waals surface area contributed by atoms with E-state index < -0.39 is 29.5 Å². The number of primary amides is 1. The molecule has 1 rings (SSSR count). The van der Waals surface area contributed by atoms with Crippen molar-refractivity contribution in [2.75, 3.05) is 0 Å². The Bertz CT molecular complexity index is 506. The number of hydrogen-bond donors (Lipinski definition) is 2. The van der Waals surface area contributed by atoms with Crippen molar-refractivity contribution in [3.05, 3.63) is 0 Å². The Hall–Kier alpha value is -1.66. The molecule has 4 atom stereocenters. The summed E-state index contributed by atoms with van der Waals surface area (Å²) in [6, 6.07) is 0. The van der Waals surface area contributed by atoms with E-state index >= 15 is 0 Å². The molecule has 20 heavy (non-hydrogen) atoms. The Kier molecular flexibility index (Phi) is 4.73. The molecule has 0 aromatic carbocycles. The summed E-state index contributed by atoms with van der Waals surface area (Å²) in [4.78, 5) is 10.7. The van der Waals surface area contributed by atoms with Gasteiger partial charge in [-0.25, -0.2) is 0 Å². The Balaban J connectivity index is 2.69. The fourth-order valence-corrected chi connectivity index (χ4v) is 1.96. The number of alkyl halides is 3. The molecule has 0 aliphatic heterocycles. The van der Waals surface area contributed by atoms with Crippen LogP contribution >= 0.6 is 0 Å². The molecule has 0 aromatic heterocycles. The van der Waals surface area contributed by atoms with Crippen LogP contribution < -0.4 is 5.73 Å². The lowest BCUT2D eigenvalue weighted by Gasteiger charge is -2.25. The number of rotatable bonds is 3. The van der Waals surface area contributed by atoms with Crippen LogP contribution in [0, 0.1) is 41.4 Å². The first-order chi connectivity index (χ1) is 9.13. The number of hydrogen-bond acceptors (Lipinski definition) is 2. The molecule has 0 saturated heterocycles. The van der Waals surface area contributed by atoms with E-state index in [-0.39, 0.29) is 18.8 Å². The van der Waals surface area contributed by atoms with Gasteiger partial charge in [-0.15, -0.1) is 11.8 Å². The molecule has 0 heterocycles. The lowest BCUT2D eigenvalue weighted by atomic mass is 9.95. The molecule has 1 aliphatic carbocycles. The van der Waals surface area contributed by atoms with Crippen LogP contribution in [-0.2, 0) is 4.79 Å². The minimum atomic E-state index is -4.79. The van der Waals surface area contributed by atoms with Gasteiger partial charge in [0.05, 0.1) is 5.92 Å². The first kappa shape index (κ1) is 16.4. The summed E-state index contributed by atoms with van der Waals surface area (Å²) in [6.07, 6.45) is -4.39. The summed E-state index contributed by atoms with van der Waals surface area (Å²) in [5.74, 6) is 6.67. The van der Waals surface area contributed by atoms with Crippen LogP contribution in [0.3, 0.4) is 0 Å². The maximum Gasteiger partial charge on any atom is 0.428 e. The number of aliphatic hydroxyl groups is 1. The maximum absolute atomic E-state index is 12.9. The molecule has 0 aromatic rings. The van der Waals surface area contributed by atoms with Gasteiger partial charge in [-0.2, -0.15) is 13.2 Å². The summed E-state index contributed by atoms with van der Waals surface area (Å²) in [5, 5.41) is 9.73. The van der Waals surface area contributed by atoms with Gasteiger partial charge in [-0.1, -0.05) is 11.8 Å². The Morgan fingerprint density at radius 3 is 2.55 bits per heavy atom. The first-order valence-electron chi connectivity index (χ1n) is 6.14. The number of nitrogens with two attached hydrogens (primary N) is 1. The fraction of sp³-hybridized carbons (Fsp3) is 0.643. The molecule has 110 valence electrons. The van der Waals surface area contributed by atoms with Crippen LogP contribution in [0.15, 0.2) is 0 Å². The predicted molar refractivity (Wildman–Crippen MR) is 66.8 cm³/mol. The molecule has 0 radical (unpaired) electrons. The van der Waals surface area contributed by atoms with Crippen molar-refractivity contribution in [3.63, 3.8) is 0 Å². The van der Waals surface area contributed by atoms with Crippen molar-refractivity contribution in [1.82, 2.24) is 0 Å². The Labute approximate surface area is 115 Å². The van der Waals surface area contributed by atoms with Crippen molar-refractivity contribution in [1.29, 1.82) is 0 Å². The quantitative estimate of drug-likeness (QED) is 0.772. The van der Waals surface area contributed by atoms with Crippen LogP contribution in [0.2, 0.25) is 0 Å². The number of carbonyl (C=O) groups excluding carboxylic acids is 1. The van der Waals surface area contributed by atoms with E-state index in [4.69, 9.17) is 5.73 Å². The van der Waals surface area contributed by atoms with E-state index in [9.17, 15) is 23.1 Å². The summed E-state index contributed by atoms with van der Waals surface area (Å²) in [6.45, 7) is 2.77. The minimum absolute atomic E-state index is 0.187. The highest BCUT2D eigenvalue weighted by molar-refractivity contribution is 5.79. The van der Waals surface area contributed by atoms with Crippen molar-refractivity contribution in [3.8, 4) is 23.7 Å². The molecule has 0 spiro atoms. The van der Waals surface area contributed by atoms with Gasteiger partial charge in [0.15, 0.2) is 0 Å².